The molecule has 0 amide bonds. The Morgan fingerprint density at radius 1 is 1.48 bits per heavy atom. The number of nitrogens with zero attached hydrogens (tertiary/aromatic N) is 3. The maximum atomic E-state index is 12.3. The van der Waals surface area contributed by atoms with Crippen LogP contribution in [0.5, 0.6) is 0 Å². The van der Waals surface area contributed by atoms with E-state index in [1.54, 1.807) is 6.20 Å². The number of aromatic nitrogens is 3. The van der Waals surface area contributed by atoms with Crippen molar-refractivity contribution in [3.05, 3.63) is 43.0 Å². The Bertz CT molecular complexity index is 737. The molecule has 2 aromatic rings. The average molecular weight is 323 g/mol. The number of nitrogens with one attached hydrogen (secondary N) is 1. The monoisotopic (exact) mass is 322 g/mol. The second-order valence-corrected chi connectivity index (χ2v) is 7.39. The maximum Gasteiger partial charge on any atom is 0.255 e. The van der Waals surface area contributed by atoms with Gasteiger partial charge in [0, 0.05) is 43.0 Å². The highest BCUT2D eigenvalue weighted by Crippen LogP contribution is 2.37. The van der Waals surface area contributed by atoms with Gasteiger partial charge in [-0.05, 0) is 12.8 Å². The van der Waals surface area contributed by atoms with E-state index in [0.29, 0.717) is 16.9 Å². The van der Waals surface area contributed by atoms with Gasteiger partial charge in [-0.3, -0.25) is 9.69 Å². The van der Waals surface area contributed by atoms with E-state index in [-0.39, 0.29) is 5.56 Å². The molecule has 2 aliphatic rings. The molecule has 0 atom stereocenters. The van der Waals surface area contributed by atoms with Gasteiger partial charge in [-0.25, -0.2) is 9.97 Å². The fraction of sp³-hybridized carbons (Fsp3) is 0.500. The molecule has 1 aliphatic carbocycles. The maximum absolute atomic E-state index is 12.3. The lowest BCUT2D eigenvalue weighted by atomic mass is 10.1. The van der Waals surface area contributed by atoms with Gasteiger partial charge in [0.25, 0.3) is 5.56 Å². The highest BCUT2D eigenvalue weighted by molar-refractivity contribution is 7.15. The molecule has 1 fully saturated rings. The number of thiazole rings is 1. The minimum absolute atomic E-state index is 0.0361. The number of H-pyrrole nitrogens is 1. The summed E-state index contributed by atoms with van der Waals surface area (Å²) in [5.41, 5.74) is 1.84. The van der Waals surface area contributed by atoms with Gasteiger partial charge in [0.2, 0.25) is 0 Å². The highest BCUT2D eigenvalue weighted by Gasteiger charge is 2.29. The summed E-state index contributed by atoms with van der Waals surface area (Å²) in [7, 11) is 0. The first-order valence-corrected chi connectivity index (χ1v) is 8.33. The molecule has 0 bridgehead atoms. The van der Waals surface area contributed by atoms with E-state index in [0.717, 1.165) is 54.3 Å². The molecule has 0 unspecified atom stereocenters. The van der Waals surface area contributed by atoms with Gasteiger partial charge in [-0.1, -0.05) is 11.6 Å². The number of fused-ring (bicyclic) bond motifs is 1. The van der Waals surface area contributed by atoms with Crippen LogP contribution in [0.1, 0.15) is 40.7 Å². The second kappa shape index (κ2) is 5.19. The molecule has 0 aromatic carbocycles. The van der Waals surface area contributed by atoms with E-state index in [4.69, 9.17) is 11.6 Å². The van der Waals surface area contributed by atoms with E-state index in [2.05, 4.69) is 19.9 Å². The van der Waals surface area contributed by atoms with Crippen LogP contribution in [0, 0.1) is 0 Å². The minimum atomic E-state index is 0.0361. The van der Waals surface area contributed by atoms with Gasteiger partial charge >= 0.3 is 0 Å². The van der Waals surface area contributed by atoms with Crippen molar-refractivity contribution in [2.45, 2.75) is 38.3 Å². The summed E-state index contributed by atoms with van der Waals surface area (Å²) in [5, 5.41) is 0. The molecule has 0 radical (unpaired) electrons. The smallest absolute Gasteiger partial charge is 0.255 e. The van der Waals surface area contributed by atoms with Gasteiger partial charge < -0.3 is 4.98 Å². The van der Waals surface area contributed by atoms with Crippen molar-refractivity contribution in [1.29, 1.82) is 0 Å². The molecule has 4 rings (SSSR count). The first-order chi connectivity index (χ1) is 10.2. The van der Waals surface area contributed by atoms with Gasteiger partial charge in [-0.2, -0.15) is 0 Å². The summed E-state index contributed by atoms with van der Waals surface area (Å²) in [5.74, 6) is 1.38. The third kappa shape index (κ3) is 2.75. The summed E-state index contributed by atoms with van der Waals surface area (Å²) >= 11 is 7.35. The molecule has 1 aliphatic heterocycles. The van der Waals surface area contributed by atoms with E-state index in [1.807, 2.05) is 0 Å². The lowest BCUT2D eigenvalue weighted by Gasteiger charge is -2.27. The van der Waals surface area contributed by atoms with Gasteiger partial charge in [-0.15, -0.1) is 11.3 Å². The van der Waals surface area contributed by atoms with Crippen molar-refractivity contribution in [1.82, 2.24) is 19.9 Å². The summed E-state index contributed by atoms with van der Waals surface area (Å²) < 4.78 is 0.566. The quantitative estimate of drug-likeness (QED) is 0.942. The number of rotatable bonds is 3. The van der Waals surface area contributed by atoms with Crippen LogP contribution in [0.3, 0.4) is 0 Å². The van der Waals surface area contributed by atoms with Gasteiger partial charge in [0.15, 0.2) is 4.47 Å². The van der Waals surface area contributed by atoms with Crippen molar-refractivity contribution in [3.8, 4) is 0 Å². The molecule has 110 valence electrons. The van der Waals surface area contributed by atoms with E-state index < -0.39 is 0 Å². The molecule has 1 N–H and O–H groups in total. The zero-order chi connectivity index (χ0) is 14.4. The van der Waals surface area contributed by atoms with Gasteiger partial charge in [0.05, 0.1) is 11.3 Å². The van der Waals surface area contributed by atoms with E-state index in [9.17, 15) is 4.79 Å². The van der Waals surface area contributed by atoms with Crippen LogP contribution >= 0.6 is 22.9 Å². The number of halogens is 1. The fourth-order valence-corrected chi connectivity index (χ4v) is 3.78. The molecule has 21 heavy (non-hydrogen) atoms. The Morgan fingerprint density at radius 2 is 2.33 bits per heavy atom. The first-order valence-electron chi connectivity index (χ1n) is 7.13. The largest absolute Gasteiger partial charge is 0.310 e. The standard InChI is InChI=1S/C14H15ClN4OS/c15-14-16-5-9(21-14)6-19-4-3-11-10(7-19)13(20)18-12(17-11)8-1-2-8/h5,8H,1-4,6-7H2,(H,17,18,20). The summed E-state index contributed by atoms with van der Waals surface area (Å²) in [6.45, 7) is 2.36. The van der Waals surface area contributed by atoms with Crippen LogP contribution < -0.4 is 5.56 Å². The normalized spacial score (nSPS) is 18.7. The number of aromatic amines is 1. The lowest BCUT2D eigenvalue weighted by Crippen LogP contribution is -2.35. The first kappa shape index (κ1) is 13.4. The minimum Gasteiger partial charge on any atom is -0.310 e. The topological polar surface area (TPSA) is 61.9 Å². The van der Waals surface area contributed by atoms with Crippen LogP contribution in [0.25, 0.3) is 0 Å². The molecule has 0 saturated heterocycles. The SMILES string of the molecule is O=c1[nH]c(C2CC2)nc2c1CN(Cc1cnc(Cl)s1)CC2. The third-order valence-corrected chi connectivity index (χ3v) is 5.13. The second-order valence-electron chi connectivity index (χ2n) is 5.69. The number of hydrogen-bond donors (Lipinski definition) is 1. The molecule has 5 nitrogen and oxygen atoms in total. The van der Waals surface area contributed by atoms with Crippen LogP contribution in [0.2, 0.25) is 4.47 Å². The predicted molar refractivity (Wildman–Crippen MR) is 81.8 cm³/mol. The molecule has 3 heterocycles. The van der Waals surface area contributed by atoms with Crippen LogP contribution in [-0.2, 0) is 19.5 Å². The van der Waals surface area contributed by atoms with Crippen molar-refractivity contribution in [2.75, 3.05) is 6.54 Å². The zero-order valence-corrected chi connectivity index (χ0v) is 13.0. The molecular formula is C14H15ClN4OS. The van der Waals surface area contributed by atoms with E-state index >= 15 is 0 Å². The van der Waals surface area contributed by atoms with Crippen molar-refractivity contribution < 1.29 is 0 Å². The highest BCUT2D eigenvalue weighted by atomic mass is 35.5. The Morgan fingerprint density at radius 3 is 3.05 bits per heavy atom. The van der Waals surface area contributed by atoms with Crippen molar-refractivity contribution in [3.63, 3.8) is 0 Å². The zero-order valence-electron chi connectivity index (χ0n) is 11.4. The Balaban J connectivity index is 1.55. The Hall–Kier alpha value is -1.24. The van der Waals surface area contributed by atoms with Crippen molar-refractivity contribution in [2.24, 2.45) is 0 Å². The summed E-state index contributed by atoms with van der Waals surface area (Å²) in [6.07, 6.45) is 4.95. The molecule has 1 saturated carbocycles. The third-order valence-electron chi connectivity index (χ3n) is 4.03. The number of hydrogen-bond acceptors (Lipinski definition) is 5. The van der Waals surface area contributed by atoms with E-state index in [1.165, 1.54) is 11.3 Å². The average Bonchev–Trinajstić information content (AvgIpc) is 3.24. The van der Waals surface area contributed by atoms with Gasteiger partial charge in [0.1, 0.15) is 5.82 Å². The fourth-order valence-electron chi connectivity index (χ4n) is 2.76. The molecular weight excluding hydrogens is 308 g/mol. The summed E-state index contributed by atoms with van der Waals surface area (Å²) in [6, 6.07) is 0. The van der Waals surface area contributed by atoms with Crippen LogP contribution in [0.4, 0.5) is 0 Å². The molecule has 7 heteroatoms. The Labute approximate surface area is 131 Å². The van der Waals surface area contributed by atoms with Crippen molar-refractivity contribution >= 4 is 22.9 Å². The predicted octanol–water partition coefficient (Wildman–Crippen LogP) is 2.32. The van der Waals surface area contributed by atoms with Crippen LogP contribution in [-0.4, -0.2) is 26.4 Å². The molecule has 2 aromatic heterocycles. The summed E-state index contributed by atoms with van der Waals surface area (Å²) in [4.78, 5) is 27.3. The van der Waals surface area contributed by atoms with Crippen LogP contribution in [0.15, 0.2) is 11.0 Å². The lowest BCUT2D eigenvalue weighted by molar-refractivity contribution is 0.243. The Kier molecular flexibility index (Phi) is 3.32. The molecule has 0 spiro atoms.